The Labute approximate surface area is 109 Å². The first-order valence-corrected chi connectivity index (χ1v) is 6.65. The van der Waals surface area contributed by atoms with Gasteiger partial charge in [-0.15, -0.1) is 0 Å². The van der Waals surface area contributed by atoms with E-state index in [2.05, 4.69) is 28.3 Å². The van der Waals surface area contributed by atoms with Crippen LogP contribution >= 0.6 is 0 Å². The molecule has 0 radical (unpaired) electrons. The Morgan fingerprint density at radius 1 is 1.56 bits per heavy atom. The lowest BCUT2D eigenvalue weighted by atomic mass is 10.1. The van der Waals surface area contributed by atoms with Crippen LogP contribution in [0, 0.1) is 5.92 Å². The van der Waals surface area contributed by atoms with Crippen molar-refractivity contribution in [1.82, 2.24) is 14.8 Å². The van der Waals surface area contributed by atoms with Gasteiger partial charge in [-0.2, -0.15) is 0 Å². The average molecular weight is 249 g/mol. The molecule has 1 fully saturated rings. The van der Waals surface area contributed by atoms with Gasteiger partial charge < -0.3 is 14.8 Å². The molecule has 0 spiro atoms. The standard InChI is InChI=1S/C14H23N3O/c1-15-14(11-4-5-11)12-6-8-17(10-12)9-7-13(18)16(2)3/h6,8,10-11,14-15H,4-5,7,9H2,1-3H3. The van der Waals surface area contributed by atoms with E-state index in [1.54, 1.807) is 19.0 Å². The van der Waals surface area contributed by atoms with Crippen LogP contribution in [-0.2, 0) is 11.3 Å². The molecule has 1 aliphatic rings. The summed E-state index contributed by atoms with van der Waals surface area (Å²) < 4.78 is 2.11. The Bertz CT molecular complexity index is 407. The minimum absolute atomic E-state index is 0.178. The molecule has 0 aromatic carbocycles. The van der Waals surface area contributed by atoms with E-state index in [9.17, 15) is 4.79 Å². The minimum atomic E-state index is 0.178. The van der Waals surface area contributed by atoms with Crippen molar-refractivity contribution in [2.24, 2.45) is 5.92 Å². The monoisotopic (exact) mass is 249 g/mol. The van der Waals surface area contributed by atoms with Gasteiger partial charge in [-0.1, -0.05) is 0 Å². The van der Waals surface area contributed by atoms with Gasteiger partial charge in [0.15, 0.2) is 0 Å². The van der Waals surface area contributed by atoms with Gasteiger partial charge in [0.05, 0.1) is 0 Å². The molecule has 1 heterocycles. The summed E-state index contributed by atoms with van der Waals surface area (Å²) in [5, 5.41) is 3.39. The highest BCUT2D eigenvalue weighted by atomic mass is 16.2. The number of aryl methyl sites for hydroxylation is 1. The van der Waals surface area contributed by atoms with E-state index in [1.165, 1.54) is 18.4 Å². The first-order valence-electron chi connectivity index (χ1n) is 6.65. The van der Waals surface area contributed by atoms with Crippen molar-refractivity contribution in [2.75, 3.05) is 21.1 Å². The summed E-state index contributed by atoms with van der Waals surface area (Å²) in [5.74, 6) is 0.979. The molecule has 0 saturated heterocycles. The number of hydrogen-bond donors (Lipinski definition) is 1. The maximum atomic E-state index is 11.5. The molecule has 1 N–H and O–H groups in total. The van der Waals surface area contributed by atoms with Crippen LogP contribution in [-0.4, -0.2) is 36.5 Å². The third-order valence-corrected chi connectivity index (χ3v) is 3.62. The maximum absolute atomic E-state index is 11.5. The molecule has 1 atom stereocenters. The number of nitrogens with zero attached hydrogens (tertiary/aromatic N) is 2. The van der Waals surface area contributed by atoms with Crippen LogP contribution in [0.1, 0.15) is 30.9 Å². The molecular weight excluding hydrogens is 226 g/mol. The summed E-state index contributed by atoms with van der Waals surface area (Å²) in [6.45, 7) is 0.762. The molecule has 1 aromatic heterocycles. The van der Waals surface area contributed by atoms with Crippen LogP contribution in [0.25, 0.3) is 0 Å². The molecule has 1 aliphatic carbocycles. The summed E-state index contributed by atoms with van der Waals surface area (Å²) in [5.41, 5.74) is 1.34. The van der Waals surface area contributed by atoms with E-state index < -0.39 is 0 Å². The van der Waals surface area contributed by atoms with Crippen molar-refractivity contribution in [3.8, 4) is 0 Å². The van der Waals surface area contributed by atoms with E-state index >= 15 is 0 Å². The zero-order chi connectivity index (χ0) is 13.1. The van der Waals surface area contributed by atoms with Gasteiger partial charge >= 0.3 is 0 Å². The second-order valence-electron chi connectivity index (χ2n) is 5.32. The fraction of sp³-hybridized carbons (Fsp3) is 0.643. The Kier molecular flexibility index (Phi) is 4.07. The molecule has 1 unspecified atom stereocenters. The molecule has 4 nitrogen and oxygen atoms in total. The number of hydrogen-bond acceptors (Lipinski definition) is 2. The van der Waals surface area contributed by atoms with Crippen LogP contribution < -0.4 is 5.32 Å². The van der Waals surface area contributed by atoms with Gasteiger partial charge in [-0.25, -0.2) is 0 Å². The zero-order valence-corrected chi connectivity index (χ0v) is 11.5. The zero-order valence-electron chi connectivity index (χ0n) is 11.5. The van der Waals surface area contributed by atoms with E-state index in [-0.39, 0.29) is 5.91 Å². The highest BCUT2D eigenvalue weighted by Crippen LogP contribution is 2.40. The summed E-state index contributed by atoms with van der Waals surface area (Å²) in [6.07, 6.45) is 7.47. The predicted octanol–water partition coefficient (Wildman–Crippen LogP) is 1.64. The van der Waals surface area contributed by atoms with Crippen LogP contribution in [0.2, 0.25) is 0 Å². The van der Waals surface area contributed by atoms with Crippen molar-refractivity contribution < 1.29 is 4.79 Å². The smallest absolute Gasteiger partial charge is 0.223 e. The highest BCUT2D eigenvalue weighted by molar-refractivity contribution is 5.75. The number of aromatic nitrogens is 1. The highest BCUT2D eigenvalue weighted by Gasteiger charge is 2.31. The number of rotatable bonds is 6. The number of nitrogens with one attached hydrogen (secondary N) is 1. The summed E-state index contributed by atoms with van der Waals surface area (Å²) in [7, 11) is 5.62. The molecule has 1 saturated carbocycles. The Hall–Kier alpha value is -1.29. The topological polar surface area (TPSA) is 37.3 Å². The first-order chi connectivity index (χ1) is 8.61. The molecule has 18 heavy (non-hydrogen) atoms. The SMILES string of the molecule is CNC(c1ccn(CCC(=O)N(C)C)c1)C1CC1. The Morgan fingerprint density at radius 3 is 2.83 bits per heavy atom. The van der Waals surface area contributed by atoms with Crippen LogP contribution in [0.5, 0.6) is 0 Å². The maximum Gasteiger partial charge on any atom is 0.223 e. The summed E-state index contributed by atoms with van der Waals surface area (Å²) >= 11 is 0. The largest absolute Gasteiger partial charge is 0.353 e. The van der Waals surface area contributed by atoms with E-state index in [0.29, 0.717) is 12.5 Å². The molecule has 0 aliphatic heterocycles. The van der Waals surface area contributed by atoms with Crippen molar-refractivity contribution in [3.05, 3.63) is 24.0 Å². The van der Waals surface area contributed by atoms with Crippen molar-refractivity contribution >= 4 is 5.91 Å². The van der Waals surface area contributed by atoms with Crippen LogP contribution in [0.4, 0.5) is 0 Å². The van der Waals surface area contributed by atoms with Crippen molar-refractivity contribution in [1.29, 1.82) is 0 Å². The number of amides is 1. The lowest BCUT2D eigenvalue weighted by Crippen LogP contribution is -2.22. The molecule has 1 amide bonds. The lowest BCUT2D eigenvalue weighted by molar-refractivity contribution is -0.128. The second-order valence-corrected chi connectivity index (χ2v) is 5.32. The normalized spacial score (nSPS) is 16.6. The van der Waals surface area contributed by atoms with Gasteiger partial charge in [0.1, 0.15) is 0 Å². The minimum Gasteiger partial charge on any atom is -0.353 e. The summed E-state index contributed by atoms with van der Waals surface area (Å²) in [4.78, 5) is 13.2. The molecule has 1 aromatic rings. The fourth-order valence-electron chi connectivity index (χ4n) is 2.33. The number of carbonyl (C=O) groups is 1. The summed E-state index contributed by atoms with van der Waals surface area (Å²) in [6, 6.07) is 2.65. The third-order valence-electron chi connectivity index (χ3n) is 3.62. The van der Waals surface area contributed by atoms with Gasteiger partial charge in [0, 0.05) is 45.5 Å². The average Bonchev–Trinajstić information content (AvgIpc) is 3.06. The van der Waals surface area contributed by atoms with Crippen molar-refractivity contribution in [2.45, 2.75) is 31.8 Å². The van der Waals surface area contributed by atoms with E-state index in [1.807, 2.05) is 7.05 Å². The predicted molar refractivity (Wildman–Crippen MR) is 72.3 cm³/mol. The van der Waals surface area contributed by atoms with Crippen molar-refractivity contribution in [3.63, 3.8) is 0 Å². The fourth-order valence-corrected chi connectivity index (χ4v) is 2.33. The van der Waals surface area contributed by atoms with E-state index in [0.717, 1.165) is 12.5 Å². The third kappa shape index (κ3) is 3.13. The molecule has 4 heteroatoms. The Balaban J connectivity index is 1.91. The second kappa shape index (κ2) is 5.57. The van der Waals surface area contributed by atoms with Crippen LogP contribution in [0.3, 0.4) is 0 Å². The molecule has 2 rings (SSSR count). The van der Waals surface area contributed by atoms with Gasteiger partial charge in [0.2, 0.25) is 5.91 Å². The van der Waals surface area contributed by atoms with E-state index in [4.69, 9.17) is 0 Å². The molecule has 0 bridgehead atoms. The molecular formula is C14H23N3O. The molecule has 100 valence electrons. The van der Waals surface area contributed by atoms with Gasteiger partial charge in [-0.05, 0) is 37.4 Å². The van der Waals surface area contributed by atoms with Gasteiger partial charge in [-0.3, -0.25) is 4.79 Å². The number of carbonyl (C=O) groups excluding carboxylic acids is 1. The van der Waals surface area contributed by atoms with Crippen LogP contribution in [0.15, 0.2) is 18.5 Å². The first kappa shape index (κ1) is 13.1. The quantitative estimate of drug-likeness (QED) is 0.832. The van der Waals surface area contributed by atoms with Gasteiger partial charge in [0.25, 0.3) is 0 Å². The lowest BCUT2D eigenvalue weighted by Gasteiger charge is -2.13. The Morgan fingerprint density at radius 2 is 2.28 bits per heavy atom.